The van der Waals surface area contributed by atoms with E-state index in [-0.39, 0.29) is 30.3 Å². The lowest BCUT2D eigenvalue weighted by Crippen LogP contribution is -2.41. The van der Waals surface area contributed by atoms with E-state index in [0.717, 1.165) is 17.5 Å². The number of hydrogen-bond donors (Lipinski definition) is 1. The van der Waals surface area contributed by atoms with E-state index in [0.29, 0.717) is 30.2 Å². The van der Waals surface area contributed by atoms with Crippen LogP contribution in [-0.2, 0) is 0 Å². The van der Waals surface area contributed by atoms with Gasteiger partial charge in [0.25, 0.3) is 5.91 Å². The molecule has 1 fully saturated rings. The highest BCUT2D eigenvalue weighted by atomic mass is 32.1. The molecule has 29 heavy (non-hydrogen) atoms. The number of alkyl halides is 3. The molecule has 0 unspecified atom stereocenters. The first-order valence-electron chi connectivity index (χ1n) is 9.87. The van der Waals surface area contributed by atoms with Gasteiger partial charge in [-0.25, -0.2) is 9.67 Å². The largest absolute Gasteiger partial charge is 0.410 e. The van der Waals surface area contributed by atoms with Gasteiger partial charge in [-0.2, -0.15) is 18.3 Å². The van der Waals surface area contributed by atoms with Gasteiger partial charge in [-0.05, 0) is 31.6 Å². The molecule has 2 aliphatic heterocycles. The Bertz CT molecular complexity index is 864. The molecular formula is C19H24F3N5OS. The van der Waals surface area contributed by atoms with Crippen molar-refractivity contribution in [2.24, 2.45) is 5.92 Å². The van der Waals surface area contributed by atoms with Crippen molar-refractivity contribution in [2.75, 3.05) is 11.9 Å². The molecule has 0 saturated carbocycles. The van der Waals surface area contributed by atoms with Gasteiger partial charge < -0.3 is 10.2 Å². The number of nitrogens with zero attached hydrogens (tertiary/aromatic N) is 4. The van der Waals surface area contributed by atoms with Gasteiger partial charge in [-0.3, -0.25) is 4.79 Å². The van der Waals surface area contributed by atoms with Crippen molar-refractivity contribution in [3.63, 3.8) is 0 Å². The van der Waals surface area contributed by atoms with Crippen molar-refractivity contribution in [3.05, 3.63) is 28.3 Å². The van der Waals surface area contributed by atoms with Gasteiger partial charge in [0.05, 0.1) is 17.2 Å². The summed E-state index contributed by atoms with van der Waals surface area (Å²) in [6.07, 6.45) is -1.99. The molecule has 2 aliphatic rings. The van der Waals surface area contributed by atoms with Gasteiger partial charge in [0, 0.05) is 24.0 Å². The zero-order valence-corrected chi connectivity index (χ0v) is 17.1. The Labute approximate surface area is 171 Å². The average molecular weight is 427 g/mol. The number of fused-ring (bicyclic) bond motifs is 1. The van der Waals surface area contributed by atoms with Crippen molar-refractivity contribution in [3.8, 4) is 0 Å². The van der Waals surface area contributed by atoms with Crippen molar-refractivity contribution in [1.82, 2.24) is 19.7 Å². The number of halogens is 3. The van der Waals surface area contributed by atoms with Crippen LogP contribution >= 0.6 is 11.3 Å². The normalized spacial score (nSPS) is 25.0. The number of hydrogen-bond acceptors (Lipinski definition) is 5. The fourth-order valence-corrected chi connectivity index (χ4v) is 4.70. The van der Waals surface area contributed by atoms with Crippen molar-refractivity contribution < 1.29 is 18.0 Å². The van der Waals surface area contributed by atoms with Crippen molar-refractivity contribution >= 4 is 23.1 Å². The van der Waals surface area contributed by atoms with E-state index in [9.17, 15) is 18.0 Å². The van der Waals surface area contributed by atoms with E-state index in [1.165, 1.54) is 11.3 Å². The third kappa shape index (κ3) is 3.86. The van der Waals surface area contributed by atoms with E-state index >= 15 is 0 Å². The molecule has 3 atom stereocenters. The number of carbonyl (C=O) groups excluding carboxylic acids is 1. The molecule has 1 amide bonds. The van der Waals surface area contributed by atoms with Crippen LogP contribution in [0.4, 0.5) is 19.0 Å². The molecule has 0 spiro atoms. The predicted molar refractivity (Wildman–Crippen MR) is 104 cm³/mol. The van der Waals surface area contributed by atoms with Crippen LogP contribution in [-0.4, -0.2) is 44.3 Å². The van der Waals surface area contributed by atoms with Crippen LogP contribution < -0.4 is 5.32 Å². The van der Waals surface area contributed by atoms with E-state index in [4.69, 9.17) is 0 Å². The third-order valence-corrected chi connectivity index (χ3v) is 6.39. The number of aromatic nitrogens is 3. The fraction of sp³-hybridized carbons (Fsp3) is 0.632. The number of rotatable bonds is 3. The maximum atomic E-state index is 13.7. The minimum Gasteiger partial charge on any atom is -0.367 e. The second-order valence-electron chi connectivity index (χ2n) is 8.07. The monoisotopic (exact) mass is 427 g/mol. The molecule has 10 heteroatoms. The summed E-state index contributed by atoms with van der Waals surface area (Å²) in [5.74, 6) is 0.241. The molecule has 2 aromatic heterocycles. The molecule has 1 saturated heterocycles. The Morgan fingerprint density at radius 1 is 1.34 bits per heavy atom. The van der Waals surface area contributed by atoms with E-state index in [1.54, 1.807) is 21.9 Å². The SMILES string of the molecule is CC(C)[C@@H]1C[C@H](C(F)(F)F)n2nc([C@H]3CCCCN3C(=O)c3cscn3)cc2N1. The highest BCUT2D eigenvalue weighted by Gasteiger charge is 2.47. The first-order valence-corrected chi connectivity index (χ1v) is 10.8. The molecule has 0 radical (unpaired) electrons. The summed E-state index contributed by atoms with van der Waals surface area (Å²) in [6, 6.07) is -0.599. The summed E-state index contributed by atoms with van der Waals surface area (Å²) in [5.41, 5.74) is 2.48. The summed E-state index contributed by atoms with van der Waals surface area (Å²) < 4.78 is 42.3. The molecule has 158 valence electrons. The lowest BCUT2D eigenvalue weighted by molar-refractivity contribution is -0.174. The maximum Gasteiger partial charge on any atom is 0.410 e. The molecule has 4 rings (SSSR count). The fourth-order valence-electron chi connectivity index (χ4n) is 4.17. The Balaban J connectivity index is 1.68. The zero-order chi connectivity index (χ0) is 20.8. The van der Waals surface area contributed by atoms with E-state index < -0.39 is 12.2 Å². The van der Waals surface area contributed by atoms with Crippen LogP contribution in [0.15, 0.2) is 17.0 Å². The third-order valence-electron chi connectivity index (χ3n) is 5.80. The summed E-state index contributed by atoms with van der Waals surface area (Å²) in [6.45, 7) is 4.37. The van der Waals surface area contributed by atoms with E-state index in [2.05, 4.69) is 15.4 Å². The van der Waals surface area contributed by atoms with Crippen LogP contribution in [0, 0.1) is 5.92 Å². The van der Waals surface area contributed by atoms with Crippen LogP contribution in [0.25, 0.3) is 0 Å². The summed E-state index contributed by atoms with van der Waals surface area (Å²) in [5, 5.41) is 9.26. The van der Waals surface area contributed by atoms with Crippen molar-refractivity contribution in [2.45, 2.75) is 63.8 Å². The van der Waals surface area contributed by atoms with Crippen molar-refractivity contribution in [1.29, 1.82) is 0 Å². The summed E-state index contributed by atoms with van der Waals surface area (Å²) >= 11 is 1.34. The lowest BCUT2D eigenvalue weighted by atomic mass is 9.94. The van der Waals surface area contributed by atoms with E-state index in [1.807, 2.05) is 13.8 Å². The van der Waals surface area contributed by atoms with Crippen LogP contribution in [0.3, 0.4) is 0 Å². The number of anilines is 1. The van der Waals surface area contributed by atoms with Gasteiger partial charge in [-0.15, -0.1) is 11.3 Å². The number of piperidine rings is 1. The molecule has 0 bridgehead atoms. The second-order valence-corrected chi connectivity index (χ2v) is 8.79. The highest BCUT2D eigenvalue weighted by molar-refractivity contribution is 7.07. The zero-order valence-electron chi connectivity index (χ0n) is 16.3. The van der Waals surface area contributed by atoms with Gasteiger partial charge in [0.2, 0.25) is 0 Å². The minimum absolute atomic E-state index is 0.0541. The van der Waals surface area contributed by atoms with Gasteiger partial charge >= 0.3 is 6.18 Å². The molecule has 2 aromatic rings. The predicted octanol–water partition coefficient (Wildman–Crippen LogP) is 4.65. The Morgan fingerprint density at radius 3 is 2.79 bits per heavy atom. The molecule has 0 aromatic carbocycles. The quantitative estimate of drug-likeness (QED) is 0.775. The first-order chi connectivity index (χ1) is 13.8. The standard InChI is InChI=1S/C19H24F3N5OS/c1-11(2)12-7-16(19(20,21)22)27-17(24-12)8-13(25-27)15-5-3-4-6-26(15)18(28)14-9-29-10-23-14/h8-12,15-16,24H,3-7H2,1-2H3/t12-,15+,16+/m0/s1. The molecule has 1 N–H and O–H groups in total. The summed E-state index contributed by atoms with van der Waals surface area (Å²) in [7, 11) is 0. The Kier molecular flexibility index (Phi) is 5.30. The maximum absolute atomic E-state index is 13.7. The molecule has 0 aliphatic carbocycles. The van der Waals surface area contributed by atoms with Crippen LogP contribution in [0.2, 0.25) is 0 Å². The summed E-state index contributed by atoms with van der Waals surface area (Å²) in [4.78, 5) is 18.7. The van der Waals surface area contributed by atoms with Gasteiger partial charge in [0.1, 0.15) is 11.5 Å². The number of likely N-dealkylation sites (tertiary alicyclic amines) is 1. The average Bonchev–Trinajstić information content (AvgIpc) is 3.35. The molecule has 4 heterocycles. The van der Waals surface area contributed by atoms with Gasteiger partial charge in [0.15, 0.2) is 6.04 Å². The number of thiazole rings is 1. The van der Waals surface area contributed by atoms with Crippen LogP contribution in [0.1, 0.15) is 67.8 Å². The topological polar surface area (TPSA) is 63.1 Å². The Hall–Kier alpha value is -2.10. The smallest absolute Gasteiger partial charge is 0.367 e. The number of carbonyl (C=O) groups is 1. The lowest BCUT2D eigenvalue weighted by Gasteiger charge is -2.35. The second kappa shape index (κ2) is 7.62. The number of nitrogens with one attached hydrogen (secondary N) is 1. The number of amides is 1. The first kappa shape index (κ1) is 20.2. The Morgan fingerprint density at radius 2 is 2.14 bits per heavy atom. The molecule has 6 nitrogen and oxygen atoms in total. The van der Waals surface area contributed by atoms with Crippen LogP contribution in [0.5, 0.6) is 0 Å². The minimum atomic E-state index is -4.38. The highest BCUT2D eigenvalue weighted by Crippen LogP contribution is 2.42. The van der Waals surface area contributed by atoms with Gasteiger partial charge in [-0.1, -0.05) is 13.8 Å². The molecular weight excluding hydrogens is 403 g/mol.